The molecule has 3 amide bonds. The number of halogens is 7. The van der Waals surface area contributed by atoms with Gasteiger partial charge in [0, 0.05) is 48.2 Å². The number of amidine groups is 1. The number of carbonyl (C=O) groups excluding carboxylic acids is 2. The molecular weight excluding hydrogens is 561 g/mol. The zero-order chi connectivity index (χ0) is 29.3. The monoisotopic (exact) mass is 606 g/mol. The normalized spacial score (nSPS) is 16.7. The van der Waals surface area contributed by atoms with Crippen molar-refractivity contribution in [1.82, 2.24) is 24.9 Å². The van der Waals surface area contributed by atoms with Gasteiger partial charge in [-0.05, 0) is 63.2 Å². The second-order valence-electron chi connectivity index (χ2n) is 9.25. The van der Waals surface area contributed by atoms with E-state index in [1.807, 2.05) is 4.90 Å². The van der Waals surface area contributed by atoms with Gasteiger partial charge < -0.3 is 24.7 Å². The topological polar surface area (TPSA) is 62.1 Å². The molecule has 0 aliphatic carbocycles. The maximum Gasteiger partial charge on any atom is -1.00 e. The van der Waals surface area contributed by atoms with Gasteiger partial charge in [-0.3, -0.25) is 14.3 Å². The van der Waals surface area contributed by atoms with Crippen LogP contribution in [0.3, 0.4) is 0 Å². The Labute approximate surface area is 229 Å². The summed E-state index contributed by atoms with van der Waals surface area (Å²) in [4.78, 5) is 28.3. The first-order chi connectivity index (χ1) is 16.8. The molecule has 0 aromatic rings. The summed E-state index contributed by atoms with van der Waals surface area (Å²) in [5.74, 6) is 1.40. The molecule has 3 rings (SSSR count). The number of hydrogen-bond acceptors (Lipinski definition) is 3. The van der Waals surface area contributed by atoms with Crippen LogP contribution in [0.2, 0.25) is 0 Å². The van der Waals surface area contributed by atoms with Gasteiger partial charge in [0.2, 0.25) is 5.84 Å². The SMILES string of the molecule is C1CCNC1.CC(N1CCCC1)=[N+](C)C.CN(C)C(=O)Cl.CN(C)C(=O)N1CCCC1.FP(F)(F)(F)F.[F-]. The van der Waals surface area contributed by atoms with Gasteiger partial charge in [-0.25, -0.2) is 4.79 Å². The predicted octanol–water partition coefficient (Wildman–Crippen LogP) is 2.78. The van der Waals surface area contributed by atoms with E-state index in [9.17, 15) is 30.6 Å². The summed E-state index contributed by atoms with van der Waals surface area (Å²) >= 11 is 4.90. The van der Waals surface area contributed by atoms with E-state index >= 15 is 0 Å². The number of carbonyl (C=O) groups is 2. The van der Waals surface area contributed by atoms with E-state index in [-0.39, 0.29) is 10.7 Å². The Hall–Kier alpha value is -1.53. The zero-order valence-electron chi connectivity index (χ0n) is 23.6. The molecule has 0 saturated carbocycles. The van der Waals surface area contributed by atoms with E-state index < -0.39 is 13.5 Å². The quantitative estimate of drug-likeness (QED) is 0.0877. The minimum Gasteiger partial charge on any atom is -1.00 e. The van der Waals surface area contributed by atoms with E-state index in [2.05, 4.69) is 35.8 Å². The molecule has 38 heavy (non-hydrogen) atoms. The van der Waals surface area contributed by atoms with Crippen molar-refractivity contribution < 1.29 is 39.9 Å². The molecule has 3 fully saturated rings. The molecule has 8 nitrogen and oxygen atoms in total. The van der Waals surface area contributed by atoms with Crippen LogP contribution >= 0.6 is 19.8 Å². The minimum absolute atomic E-state index is 0. The number of urea groups is 1. The minimum atomic E-state index is -8.55. The first-order valence-corrected chi connectivity index (χ1v) is 14.3. The fourth-order valence-corrected chi connectivity index (χ4v) is 3.14. The van der Waals surface area contributed by atoms with Gasteiger partial charge in [0.15, 0.2) is 0 Å². The van der Waals surface area contributed by atoms with Crippen molar-refractivity contribution in [3.8, 4) is 0 Å². The summed E-state index contributed by atoms with van der Waals surface area (Å²) < 4.78 is 51.4. The molecule has 0 radical (unpaired) electrons. The number of nitrogens with zero attached hydrogens (tertiary/aromatic N) is 5. The van der Waals surface area contributed by atoms with Crippen LogP contribution in [-0.2, 0) is 0 Å². The first kappa shape index (κ1) is 41.0. The van der Waals surface area contributed by atoms with Crippen molar-refractivity contribution >= 4 is 37.0 Å². The van der Waals surface area contributed by atoms with Crippen molar-refractivity contribution in [3.05, 3.63) is 0 Å². The Balaban J connectivity index is -0.000000412. The number of hydrogen-bond donors (Lipinski definition) is 1. The third kappa shape index (κ3) is 27.5. The molecule has 0 spiro atoms. The number of rotatable bonds is 0. The van der Waals surface area contributed by atoms with E-state index in [0.29, 0.717) is 0 Å². The third-order valence-electron chi connectivity index (χ3n) is 5.28. The average molecular weight is 607 g/mol. The Morgan fingerprint density at radius 1 is 0.763 bits per heavy atom. The fourth-order valence-electron chi connectivity index (χ4n) is 3.14. The van der Waals surface area contributed by atoms with Crippen LogP contribution in [-0.4, -0.2) is 123 Å². The summed E-state index contributed by atoms with van der Waals surface area (Å²) in [6, 6.07) is 0.150. The van der Waals surface area contributed by atoms with Crippen LogP contribution < -0.4 is 10.0 Å². The van der Waals surface area contributed by atoms with Crippen LogP contribution in [0.5, 0.6) is 0 Å². The smallest absolute Gasteiger partial charge is 1.00 e. The molecule has 0 bridgehead atoms. The molecule has 230 valence electrons. The predicted molar refractivity (Wildman–Crippen MR) is 143 cm³/mol. The second-order valence-corrected chi connectivity index (χ2v) is 10.9. The van der Waals surface area contributed by atoms with Gasteiger partial charge in [0.1, 0.15) is 0 Å². The van der Waals surface area contributed by atoms with Crippen LogP contribution in [0.1, 0.15) is 45.4 Å². The Morgan fingerprint density at radius 2 is 1.08 bits per heavy atom. The van der Waals surface area contributed by atoms with Gasteiger partial charge >= 0.3 is 40.5 Å². The Morgan fingerprint density at radius 3 is 1.29 bits per heavy atom. The van der Waals surface area contributed by atoms with E-state index in [1.165, 1.54) is 75.4 Å². The molecule has 0 aromatic heterocycles. The van der Waals surface area contributed by atoms with E-state index in [0.717, 1.165) is 13.1 Å². The van der Waals surface area contributed by atoms with Crippen molar-refractivity contribution in [2.45, 2.75) is 45.4 Å². The first-order valence-electron chi connectivity index (χ1n) is 12.2. The summed E-state index contributed by atoms with van der Waals surface area (Å²) in [6.07, 6.45) is 7.84. The van der Waals surface area contributed by atoms with Crippen LogP contribution in [0.4, 0.5) is 30.6 Å². The fraction of sp³-hybridized carbons (Fsp3) is 0.864. The van der Waals surface area contributed by atoms with Gasteiger partial charge in [-0.15, -0.1) is 0 Å². The number of nitrogens with one attached hydrogen (secondary N) is 1. The summed E-state index contributed by atoms with van der Waals surface area (Å²) in [5, 5.41) is 2.79. The molecule has 0 unspecified atom stereocenters. The average Bonchev–Trinajstić information content (AvgIpc) is 3.56. The maximum absolute atomic E-state index is 11.2. The largest absolute Gasteiger partial charge is 1.00 e. The maximum atomic E-state index is 11.2. The van der Waals surface area contributed by atoms with Crippen molar-refractivity contribution in [1.29, 1.82) is 0 Å². The molecule has 0 aromatic carbocycles. The molecule has 3 aliphatic heterocycles. The number of amides is 3. The standard InChI is InChI=1S/C8H17N2.C7H14N2O.C4H9N.C3H6ClNO.F5P.FH/c1-8(9(2)3)10-6-4-5-7-10;1-8(2)7(10)9-5-3-4-6-9;1-2-4-5-3-1;1-5(2)3(4)6;1-6(2,3,4)5;/h4-7H2,1-3H3;3-6H2,1-2H3;5H,1-4H2;1-2H3;;1H/q+1;;;;;/p-1. The summed E-state index contributed by atoms with van der Waals surface area (Å²) in [7, 11) is 2.43. The number of likely N-dealkylation sites (tertiary alicyclic amines) is 2. The van der Waals surface area contributed by atoms with Crippen molar-refractivity contribution in [2.24, 2.45) is 0 Å². The van der Waals surface area contributed by atoms with E-state index in [1.54, 1.807) is 33.1 Å². The molecule has 3 aliphatic rings. The third-order valence-corrected chi connectivity index (χ3v) is 5.62. The molecule has 0 atom stereocenters. The zero-order valence-corrected chi connectivity index (χ0v) is 25.3. The van der Waals surface area contributed by atoms with Crippen LogP contribution in [0.15, 0.2) is 0 Å². The van der Waals surface area contributed by atoms with Gasteiger partial charge in [-0.1, -0.05) is 0 Å². The van der Waals surface area contributed by atoms with Crippen molar-refractivity contribution in [2.75, 3.05) is 81.6 Å². The van der Waals surface area contributed by atoms with Gasteiger partial charge in [0.25, 0.3) is 0 Å². The summed E-state index contributed by atoms with van der Waals surface area (Å²) in [5.41, 5.74) is 0. The molecule has 3 heterocycles. The van der Waals surface area contributed by atoms with Gasteiger partial charge in [-0.2, -0.15) is 0 Å². The second kappa shape index (κ2) is 20.4. The van der Waals surface area contributed by atoms with Crippen LogP contribution in [0.25, 0.3) is 0 Å². The molecule has 3 saturated heterocycles. The van der Waals surface area contributed by atoms with E-state index in [4.69, 9.17) is 11.6 Å². The summed E-state index contributed by atoms with van der Waals surface area (Å²) in [6.45, 7) is 9.08. The van der Waals surface area contributed by atoms with Gasteiger partial charge in [0.05, 0.1) is 27.2 Å². The Kier molecular flexibility index (Phi) is 22.0. The van der Waals surface area contributed by atoms with Crippen molar-refractivity contribution in [3.63, 3.8) is 0 Å². The molecular formula is C22H46ClF6N6O2P. The Bertz CT molecular complexity index is 667. The molecule has 1 N–H and O–H groups in total. The molecule has 16 heteroatoms. The van der Waals surface area contributed by atoms with Crippen LogP contribution in [0, 0.1) is 0 Å².